The van der Waals surface area contributed by atoms with Crippen LogP contribution in [0.4, 0.5) is 0 Å². The Bertz CT molecular complexity index is 972. The van der Waals surface area contributed by atoms with E-state index >= 15 is 0 Å². The molecule has 0 unspecified atom stereocenters. The van der Waals surface area contributed by atoms with Crippen LogP contribution >= 0.6 is 0 Å². The number of nitrogens with two attached hydrogens (primary N) is 5. The summed E-state index contributed by atoms with van der Waals surface area (Å²) in [7, 11) is 0. The Morgan fingerprint density at radius 3 is 1.15 bits per heavy atom. The smallest absolute Gasteiger partial charge is 0.320 e. The van der Waals surface area contributed by atoms with Gasteiger partial charge in [-0.15, -0.1) is 0 Å². The summed E-state index contributed by atoms with van der Waals surface area (Å²) < 4.78 is 0. The molecule has 230 valence electrons. The van der Waals surface area contributed by atoms with Crippen molar-refractivity contribution in [3.8, 4) is 11.5 Å². The molecule has 0 saturated heterocycles. The number of hydrogen-bond acceptors (Lipinski definition) is 11. The van der Waals surface area contributed by atoms with Crippen LogP contribution < -0.4 is 28.7 Å². The Morgan fingerprint density at radius 1 is 0.585 bits per heavy atom. The number of unbranched alkanes of at least 4 members (excludes halogenated alkanes) is 1. The lowest BCUT2D eigenvalue weighted by Crippen LogP contribution is -2.32. The van der Waals surface area contributed by atoms with Gasteiger partial charge in [-0.25, -0.2) is 0 Å². The maximum absolute atomic E-state index is 10.4. The minimum atomic E-state index is -1.02. The zero-order valence-corrected chi connectivity index (χ0v) is 22.5. The first-order valence-corrected chi connectivity index (χ1v) is 12.3. The molecule has 2 aromatic rings. The topological polar surface area (TPSA) is 320 Å². The number of carbonyl (C=O) groups is 4. The van der Waals surface area contributed by atoms with Crippen molar-refractivity contribution in [2.75, 3.05) is 13.1 Å². The lowest BCUT2D eigenvalue weighted by atomic mass is 10.1. The van der Waals surface area contributed by atoms with Crippen LogP contribution in [-0.2, 0) is 32.0 Å². The van der Waals surface area contributed by atoms with E-state index in [1.165, 1.54) is 24.3 Å². The van der Waals surface area contributed by atoms with Crippen LogP contribution in [0, 0.1) is 0 Å². The highest BCUT2D eigenvalue weighted by Gasteiger charge is 2.12. The second-order valence-electron chi connectivity index (χ2n) is 8.46. The van der Waals surface area contributed by atoms with Crippen LogP contribution in [0.2, 0.25) is 0 Å². The zero-order chi connectivity index (χ0) is 32.0. The fourth-order valence-corrected chi connectivity index (χ4v) is 2.58. The van der Waals surface area contributed by atoms with Crippen molar-refractivity contribution in [3.05, 3.63) is 59.7 Å². The van der Waals surface area contributed by atoms with Gasteiger partial charge in [0.15, 0.2) is 0 Å². The molecule has 0 bridgehead atoms. The number of phenolic OH excluding ortho intramolecular Hbond substituents is 2. The summed E-state index contributed by atoms with van der Waals surface area (Å²) >= 11 is 0. The Kier molecular flexibility index (Phi) is 21.4. The van der Waals surface area contributed by atoms with Crippen LogP contribution in [0.5, 0.6) is 11.5 Å². The molecule has 2 aromatic carbocycles. The third-order valence-electron chi connectivity index (χ3n) is 4.88. The first-order chi connectivity index (χ1) is 19.1. The predicted molar refractivity (Wildman–Crippen MR) is 150 cm³/mol. The van der Waals surface area contributed by atoms with Gasteiger partial charge in [-0.05, 0) is 67.6 Å². The van der Waals surface area contributed by atoms with E-state index in [9.17, 15) is 19.2 Å². The maximum atomic E-state index is 10.4. The van der Waals surface area contributed by atoms with E-state index in [4.69, 9.17) is 53.6 Å². The Balaban J connectivity index is 0. The second-order valence-corrected chi connectivity index (χ2v) is 8.46. The molecule has 0 aromatic heterocycles. The van der Waals surface area contributed by atoms with Gasteiger partial charge in [0.2, 0.25) is 0 Å². The molecule has 15 heteroatoms. The molecule has 0 aliphatic heterocycles. The van der Waals surface area contributed by atoms with Gasteiger partial charge in [0, 0.05) is 0 Å². The normalized spacial score (nSPS) is 11.9. The minimum Gasteiger partial charge on any atom is -0.508 e. The highest BCUT2D eigenvalue weighted by Crippen LogP contribution is 2.11. The lowest BCUT2D eigenvalue weighted by molar-refractivity contribution is -0.139. The van der Waals surface area contributed by atoms with E-state index in [-0.39, 0.29) is 30.9 Å². The van der Waals surface area contributed by atoms with Crippen LogP contribution in [0.15, 0.2) is 48.5 Å². The van der Waals surface area contributed by atoms with Crippen molar-refractivity contribution in [2.45, 2.75) is 50.2 Å². The number of aromatic hydroxyl groups is 2. The van der Waals surface area contributed by atoms with Gasteiger partial charge >= 0.3 is 23.9 Å². The van der Waals surface area contributed by atoms with Crippen LogP contribution in [0.1, 0.15) is 30.4 Å². The van der Waals surface area contributed by atoms with E-state index in [0.717, 1.165) is 24.0 Å². The third kappa shape index (κ3) is 22.3. The van der Waals surface area contributed by atoms with Crippen molar-refractivity contribution in [1.29, 1.82) is 0 Å². The van der Waals surface area contributed by atoms with Gasteiger partial charge in [0.05, 0.1) is 6.54 Å². The fourth-order valence-electron chi connectivity index (χ4n) is 2.58. The standard InChI is InChI=1S/2C9H11NO3.C6H14N2O2.C2H5NO2/c2*10-8(9(12)13)5-6-1-3-7(11)4-2-6;7-4-2-1-3-5(8)6(9)10;3-1-2(4)5/h2*1-4,8,11H,5,10H2,(H,12,13);5H,1-4,7-8H2,(H,9,10);1,3H2,(H,4,5)/t2*8-;5-;/m000./s1. The van der Waals surface area contributed by atoms with Crippen molar-refractivity contribution in [3.63, 3.8) is 0 Å². The molecule has 0 aliphatic carbocycles. The highest BCUT2D eigenvalue weighted by molar-refractivity contribution is 5.74. The summed E-state index contributed by atoms with van der Waals surface area (Å²) in [5.74, 6) is -3.62. The minimum absolute atomic E-state index is 0.160. The van der Waals surface area contributed by atoms with Crippen LogP contribution in [-0.4, -0.2) is 85.7 Å². The van der Waals surface area contributed by atoms with E-state index in [2.05, 4.69) is 5.73 Å². The van der Waals surface area contributed by atoms with E-state index in [1.807, 2.05) is 0 Å². The second kappa shape index (κ2) is 22.5. The summed E-state index contributed by atoms with van der Waals surface area (Å²) in [4.78, 5) is 40.2. The van der Waals surface area contributed by atoms with Crippen molar-refractivity contribution in [1.82, 2.24) is 0 Å². The van der Waals surface area contributed by atoms with Gasteiger partial charge in [0.25, 0.3) is 0 Å². The Hall–Kier alpha value is -4.28. The summed E-state index contributed by atoms with van der Waals surface area (Å²) in [6.07, 6.45) is 2.71. The van der Waals surface area contributed by atoms with Gasteiger partial charge in [-0.3, -0.25) is 19.2 Å². The molecule has 0 amide bonds. The number of carboxylic acid groups (broad SMARTS) is 4. The number of aliphatic carboxylic acids is 4. The number of hydrogen-bond donors (Lipinski definition) is 11. The van der Waals surface area contributed by atoms with Gasteiger partial charge < -0.3 is 59.3 Å². The largest absolute Gasteiger partial charge is 0.508 e. The molecule has 0 saturated carbocycles. The lowest BCUT2D eigenvalue weighted by Gasteiger charge is -2.05. The molecule has 15 nitrogen and oxygen atoms in total. The van der Waals surface area contributed by atoms with E-state index < -0.39 is 42.0 Å². The monoisotopic (exact) mass is 583 g/mol. The molecule has 0 aliphatic rings. The highest BCUT2D eigenvalue weighted by atomic mass is 16.4. The quantitative estimate of drug-likeness (QED) is 0.137. The van der Waals surface area contributed by atoms with Crippen molar-refractivity contribution < 1.29 is 49.8 Å². The molecular formula is C26H41N5O10. The number of carboxylic acids is 4. The van der Waals surface area contributed by atoms with Gasteiger partial charge in [-0.1, -0.05) is 30.7 Å². The predicted octanol–water partition coefficient (Wildman–Crippen LogP) is -0.750. The maximum Gasteiger partial charge on any atom is 0.320 e. The van der Waals surface area contributed by atoms with E-state index in [1.54, 1.807) is 24.3 Å². The molecule has 0 radical (unpaired) electrons. The molecule has 0 fully saturated rings. The van der Waals surface area contributed by atoms with Crippen molar-refractivity contribution in [2.24, 2.45) is 28.7 Å². The molecule has 2 rings (SSSR count). The number of rotatable bonds is 12. The summed E-state index contributed by atoms with van der Waals surface area (Å²) in [5, 5.41) is 50.9. The van der Waals surface area contributed by atoms with Crippen LogP contribution in [0.3, 0.4) is 0 Å². The molecular weight excluding hydrogens is 542 g/mol. The van der Waals surface area contributed by atoms with E-state index in [0.29, 0.717) is 13.0 Å². The number of phenols is 2. The summed E-state index contributed by atoms with van der Waals surface area (Å²) in [6.45, 7) is 0.326. The average molecular weight is 584 g/mol. The molecule has 16 N–H and O–H groups in total. The first-order valence-electron chi connectivity index (χ1n) is 12.3. The summed E-state index contributed by atoms with van der Waals surface area (Å²) in [6, 6.07) is 10.1. The van der Waals surface area contributed by atoms with Gasteiger partial charge in [0.1, 0.15) is 29.6 Å². The molecule has 41 heavy (non-hydrogen) atoms. The SMILES string of the molecule is NCC(=O)O.NCCCC[C@H](N)C(=O)O.N[C@@H](Cc1ccc(O)cc1)C(=O)O.N[C@@H](Cc1ccc(O)cc1)C(=O)O. The Morgan fingerprint density at radius 2 is 0.902 bits per heavy atom. The average Bonchev–Trinajstić information content (AvgIpc) is 2.92. The molecule has 3 atom stereocenters. The summed E-state index contributed by atoms with van der Waals surface area (Å²) in [5.41, 5.74) is 27.2. The Labute approximate surface area is 237 Å². The molecule has 0 heterocycles. The third-order valence-corrected chi connectivity index (χ3v) is 4.88. The number of benzene rings is 2. The van der Waals surface area contributed by atoms with Crippen LogP contribution in [0.25, 0.3) is 0 Å². The fraction of sp³-hybridized carbons (Fsp3) is 0.385. The molecule has 0 spiro atoms. The first kappa shape index (κ1) is 38.9. The van der Waals surface area contributed by atoms with Gasteiger partial charge in [-0.2, -0.15) is 0 Å². The zero-order valence-electron chi connectivity index (χ0n) is 22.5. The van der Waals surface area contributed by atoms with Crippen molar-refractivity contribution >= 4 is 23.9 Å².